The second-order valence-corrected chi connectivity index (χ2v) is 3.46. The first-order valence-electron chi connectivity index (χ1n) is 5.20. The normalized spacial score (nSPS) is 14.2. The van der Waals surface area contributed by atoms with Crippen LogP contribution in [0, 0.1) is 0 Å². The van der Waals surface area contributed by atoms with Gasteiger partial charge >= 0.3 is 0 Å². The van der Waals surface area contributed by atoms with Crippen molar-refractivity contribution < 1.29 is 19.7 Å². The summed E-state index contributed by atoms with van der Waals surface area (Å²) in [5.41, 5.74) is 1.83. The van der Waals surface area contributed by atoms with Gasteiger partial charge in [0.15, 0.2) is 0 Å². The van der Waals surface area contributed by atoms with Gasteiger partial charge in [0.05, 0.1) is 12.5 Å². The van der Waals surface area contributed by atoms with Gasteiger partial charge in [-0.05, 0) is 17.5 Å². The molecule has 0 aliphatic rings. The van der Waals surface area contributed by atoms with Crippen LogP contribution < -0.4 is 0 Å². The first-order chi connectivity index (χ1) is 7.74. The van der Waals surface area contributed by atoms with Crippen LogP contribution in [0.25, 0.3) is 0 Å². The molecular formula is C12H16O4. The van der Waals surface area contributed by atoms with Crippen molar-refractivity contribution in [1.29, 1.82) is 0 Å². The molecule has 2 unspecified atom stereocenters. The molecule has 0 spiro atoms. The van der Waals surface area contributed by atoms with Gasteiger partial charge in [-0.15, -0.1) is 0 Å². The fraction of sp³-hybridized carbons (Fsp3) is 0.417. The maximum absolute atomic E-state index is 10.2. The Morgan fingerprint density at radius 3 is 2.69 bits per heavy atom. The van der Waals surface area contributed by atoms with Crippen molar-refractivity contribution in [3.63, 3.8) is 0 Å². The third-order valence-electron chi connectivity index (χ3n) is 2.57. The molecule has 0 saturated carbocycles. The zero-order chi connectivity index (χ0) is 12.0. The van der Waals surface area contributed by atoms with E-state index in [2.05, 4.69) is 4.74 Å². The maximum Gasteiger partial charge on any atom is 0.295 e. The number of carbonyl (C=O) groups is 1. The highest BCUT2D eigenvalue weighted by Crippen LogP contribution is 2.24. The van der Waals surface area contributed by atoms with E-state index in [1.165, 1.54) is 0 Å². The number of aliphatic hydroxyl groups excluding tert-OH is 2. The number of hydrogen-bond acceptors (Lipinski definition) is 4. The molecule has 4 nitrogen and oxygen atoms in total. The molecule has 1 aromatic rings. The standard InChI is InChI=1S/C12H16O4/c1-2-9-5-3-4-6-10(9)11(7-13)12(15)16-8-14/h3-6,8,11-13,15H,2,7H2,1H3. The van der Waals surface area contributed by atoms with E-state index in [1.807, 2.05) is 31.2 Å². The second kappa shape index (κ2) is 6.25. The van der Waals surface area contributed by atoms with Crippen LogP contribution in [0.5, 0.6) is 0 Å². The summed E-state index contributed by atoms with van der Waals surface area (Å²) in [7, 11) is 0. The Labute approximate surface area is 94.5 Å². The van der Waals surface area contributed by atoms with E-state index in [0.717, 1.165) is 17.5 Å². The third kappa shape index (κ3) is 2.81. The average Bonchev–Trinajstić information content (AvgIpc) is 2.31. The highest BCUT2D eigenvalue weighted by atomic mass is 16.6. The zero-order valence-electron chi connectivity index (χ0n) is 9.17. The molecule has 0 amide bonds. The summed E-state index contributed by atoms with van der Waals surface area (Å²) in [6.45, 7) is 1.90. The van der Waals surface area contributed by atoms with Gasteiger partial charge in [0.1, 0.15) is 0 Å². The van der Waals surface area contributed by atoms with Crippen molar-refractivity contribution in [2.24, 2.45) is 0 Å². The molecule has 88 valence electrons. The fourth-order valence-corrected chi connectivity index (χ4v) is 1.71. The lowest BCUT2D eigenvalue weighted by atomic mass is 9.93. The van der Waals surface area contributed by atoms with Gasteiger partial charge in [0.25, 0.3) is 6.47 Å². The Bertz CT molecular complexity index is 338. The van der Waals surface area contributed by atoms with Crippen molar-refractivity contribution in [2.75, 3.05) is 6.61 Å². The number of hydrogen-bond donors (Lipinski definition) is 2. The summed E-state index contributed by atoms with van der Waals surface area (Å²) >= 11 is 0. The number of aliphatic hydroxyl groups is 2. The first kappa shape index (κ1) is 12.7. The van der Waals surface area contributed by atoms with Crippen molar-refractivity contribution in [3.05, 3.63) is 35.4 Å². The Kier molecular flexibility index (Phi) is 4.95. The zero-order valence-corrected chi connectivity index (χ0v) is 9.17. The van der Waals surface area contributed by atoms with Crippen LogP contribution in [-0.2, 0) is 16.0 Å². The minimum absolute atomic E-state index is 0.182. The van der Waals surface area contributed by atoms with E-state index in [1.54, 1.807) is 0 Å². The van der Waals surface area contributed by atoms with Crippen LogP contribution in [-0.4, -0.2) is 29.6 Å². The smallest absolute Gasteiger partial charge is 0.295 e. The molecule has 0 saturated heterocycles. The van der Waals surface area contributed by atoms with E-state index in [4.69, 9.17) is 0 Å². The van der Waals surface area contributed by atoms with Crippen LogP contribution in [0.1, 0.15) is 24.0 Å². The monoisotopic (exact) mass is 224 g/mol. The van der Waals surface area contributed by atoms with E-state index in [9.17, 15) is 15.0 Å². The average molecular weight is 224 g/mol. The van der Waals surface area contributed by atoms with E-state index < -0.39 is 12.2 Å². The summed E-state index contributed by atoms with van der Waals surface area (Å²) in [5, 5.41) is 18.8. The lowest BCUT2D eigenvalue weighted by molar-refractivity contribution is -0.157. The van der Waals surface area contributed by atoms with Gasteiger partial charge in [-0.2, -0.15) is 0 Å². The van der Waals surface area contributed by atoms with Crippen LogP contribution in [0.15, 0.2) is 24.3 Å². The predicted molar refractivity (Wildman–Crippen MR) is 58.8 cm³/mol. The number of aryl methyl sites for hydroxylation is 1. The van der Waals surface area contributed by atoms with Gasteiger partial charge in [0.2, 0.25) is 6.29 Å². The molecule has 2 atom stereocenters. The van der Waals surface area contributed by atoms with Crippen molar-refractivity contribution in [1.82, 2.24) is 0 Å². The molecular weight excluding hydrogens is 208 g/mol. The number of rotatable bonds is 6. The number of benzene rings is 1. The molecule has 4 heteroatoms. The van der Waals surface area contributed by atoms with E-state index >= 15 is 0 Å². The van der Waals surface area contributed by atoms with E-state index in [-0.39, 0.29) is 13.1 Å². The Hall–Kier alpha value is -1.39. The van der Waals surface area contributed by atoms with Crippen LogP contribution in [0.2, 0.25) is 0 Å². The lowest BCUT2D eigenvalue weighted by Crippen LogP contribution is -2.25. The molecule has 0 bridgehead atoms. The van der Waals surface area contributed by atoms with Gasteiger partial charge in [-0.25, -0.2) is 0 Å². The van der Waals surface area contributed by atoms with Crippen molar-refractivity contribution in [3.8, 4) is 0 Å². The molecule has 0 radical (unpaired) electrons. The van der Waals surface area contributed by atoms with Gasteiger partial charge in [-0.3, -0.25) is 4.79 Å². The Morgan fingerprint density at radius 2 is 2.12 bits per heavy atom. The summed E-state index contributed by atoms with van der Waals surface area (Å²) in [6, 6.07) is 7.46. The molecule has 0 heterocycles. The molecule has 0 aromatic heterocycles. The van der Waals surface area contributed by atoms with Crippen LogP contribution in [0.3, 0.4) is 0 Å². The fourth-order valence-electron chi connectivity index (χ4n) is 1.71. The first-order valence-corrected chi connectivity index (χ1v) is 5.20. The van der Waals surface area contributed by atoms with Crippen molar-refractivity contribution >= 4 is 6.47 Å². The highest BCUT2D eigenvalue weighted by molar-refractivity contribution is 5.38. The molecule has 2 N–H and O–H groups in total. The molecule has 0 aliphatic carbocycles. The quantitative estimate of drug-likeness (QED) is 0.554. The molecule has 16 heavy (non-hydrogen) atoms. The van der Waals surface area contributed by atoms with E-state index in [0.29, 0.717) is 0 Å². The van der Waals surface area contributed by atoms with Crippen LogP contribution in [0.4, 0.5) is 0 Å². The van der Waals surface area contributed by atoms with Gasteiger partial charge in [-0.1, -0.05) is 31.2 Å². The van der Waals surface area contributed by atoms with Gasteiger partial charge in [0, 0.05) is 0 Å². The maximum atomic E-state index is 10.2. The Balaban J connectivity index is 2.97. The highest BCUT2D eigenvalue weighted by Gasteiger charge is 2.23. The minimum Gasteiger partial charge on any atom is -0.437 e. The summed E-state index contributed by atoms with van der Waals surface area (Å²) in [5.74, 6) is -0.596. The summed E-state index contributed by atoms with van der Waals surface area (Å²) in [6.07, 6.45) is -0.518. The third-order valence-corrected chi connectivity index (χ3v) is 2.57. The molecule has 1 rings (SSSR count). The predicted octanol–water partition coefficient (Wildman–Crippen LogP) is 0.816. The SMILES string of the molecule is CCc1ccccc1C(CO)C(O)OC=O. The molecule has 0 aliphatic heterocycles. The topological polar surface area (TPSA) is 66.8 Å². The number of carbonyl (C=O) groups excluding carboxylic acids is 1. The van der Waals surface area contributed by atoms with Gasteiger partial charge < -0.3 is 14.9 Å². The molecule has 1 aromatic carbocycles. The lowest BCUT2D eigenvalue weighted by Gasteiger charge is -2.21. The Morgan fingerprint density at radius 1 is 1.44 bits per heavy atom. The molecule has 0 fully saturated rings. The number of ether oxygens (including phenoxy) is 1. The summed E-state index contributed by atoms with van der Waals surface area (Å²) < 4.78 is 4.46. The summed E-state index contributed by atoms with van der Waals surface area (Å²) in [4.78, 5) is 10.2. The van der Waals surface area contributed by atoms with Crippen LogP contribution >= 0.6 is 0 Å². The minimum atomic E-state index is -1.31. The second-order valence-electron chi connectivity index (χ2n) is 3.46. The largest absolute Gasteiger partial charge is 0.437 e. The van der Waals surface area contributed by atoms with Crippen molar-refractivity contribution in [2.45, 2.75) is 25.6 Å².